The zero-order valence-corrected chi connectivity index (χ0v) is 24.7. The molecule has 3 N–H and O–H groups in total. The molecule has 6 rings (SSSR count). The quantitative estimate of drug-likeness (QED) is 0.352. The molecule has 2 saturated carbocycles. The Morgan fingerprint density at radius 1 is 0.929 bits per heavy atom. The predicted molar refractivity (Wildman–Crippen MR) is 164 cm³/mol. The highest BCUT2D eigenvalue weighted by Crippen LogP contribution is 2.47. The fraction of sp³-hybridized carbons (Fsp3) is 0.400. The zero-order valence-electron chi connectivity index (χ0n) is 24.7. The number of benzene rings is 3. The van der Waals surface area contributed by atoms with Crippen molar-refractivity contribution >= 4 is 17.8 Å². The monoisotopic (exact) mass is 564 g/mol. The topological polar surface area (TPSA) is 90.5 Å². The fourth-order valence-corrected chi connectivity index (χ4v) is 5.94. The second-order valence-electron chi connectivity index (χ2n) is 13.0. The van der Waals surface area contributed by atoms with E-state index in [-0.39, 0.29) is 35.2 Å². The summed E-state index contributed by atoms with van der Waals surface area (Å²) in [6, 6.07) is 22.4. The zero-order chi connectivity index (χ0) is 29.4. The molecule has 42 heavy (non-hydrogen) atoms. The minimum absolute atomic E-state index is 0.00101. The Balaban J connectivity index is 1.25. The number of fused-ring (bicyclic) bond motifs is 1. The highest BCUT2D eigenvalue weighted by atomic mass is 16.2. The maximum absolute atomic E-state index is 13.1. The van der Waals surface area contributed by atoms with Crippen molar-refractivity contribution in [2.75, 3.05) is 6.54 Å². The number of amides is 4. The van der Waals surface area contributed by atoms with Crippen LogP contribution in [0.1, 0.15) is 78.6 Å². The van der Waals surface area contributed by atoms with Crippen LogP contribution in [-0.2, 0) is 24.3 Å². The first-order valence-electron chi connectivity index (χ1n) is 15.1. The van der Waals surface area contributed by atoms with Crippen molar-refractivity contribution in [3.8, 4) is 11.1 Å². The highest BCUT2D eigenvalue weighted by Gasteiger charge is 2.43. The largest absolute Gasteiger partial charge is 0.352 e. The molecular weight excluding hydrogens is 524 g/mol. The summed E-state index contributed by atoms with van der Waals surface area (Å²) < 4.78 is 0. The summed E-state index contributed by atoms with van der Waals surface area (Å²) in [6.45, 7) is 7.42. The van der Waals surface area contributed by atoms with Crippen LogP contribution in [0.3, 0.4) is 0 Å². The molecular formula is C35H40N4O3. The van der Waals surface area contributed by atoms with Gasteiger partial charge in [0.25, 0.3) is 5.91 Å². The van der Waals surface area contributed by atoms with Crippen LogP contribution < -0.4 is 16.0 Å². The average Bonchev–Trinajstić information content (AvgIpc) is 3.91. The first kappa shape index (κ1) is 28.0. The maximum Gasteiger partial charge on any atom is 0.318 e. The molecule has 1 aliphatic heterocycles. The summed E-state index contributed by atoms with van der Waals surface area (Å²) in [7, 11) is 0. The number of hydrogen-bond acceptors (Lipinski definition) is 3. The number of carbonyl (C=O) groups is 3. The number of nitrogens with zero attached hydrogens (tertiary/aromatic N) is 1. The van der Waals surface area contributed by atoms with E-state index in [2.05, 4.69) is 40.2 Å². The van der Waals surface area contributed by atoms with Gasteiger partial charge in [0, 0.05) is 42.7 Å². The van der Waals surface area contributed by atoms with E-state index in [1.807, 2.05) is 68.1 Å². The van der Waals surface area contributed by atoms with E-state index >= 15 is 0 Å². The molecule has 1 heterocycles. The van der Waals surface area contributed by atoms with Crippen molar-refractivity contribution in [2.24, 2.45) is 5.92 Å². The van der Waals surface area contributed by atoms with E-state index in [1.54, 1.807) is 0 Å². The SMILES string of the molecule is CC(C)(C)NC(=O)N1CCc2c(-c3cccc(C(=O)NC4CC4)c3)ccc(CNC(=O)C3CC3c3ccccc3)c2C1. The van der Waals surface area contributed by atoms with Crippen molar-refractivity contribution in [3.05, 3.63) is 94.5 Å². The molecule has 3 aliphatic rings. The third-order valence-corrected chi connectivity index (χ3v) is 8.43. The van der Waals surface area contributed by atoms with Gasteiger partial charge in [0.2, 0.25) is 5.91 Å². The second kappa shape index (κ2) is 11.3. The Morgan fingerprint density at radius 3 is 2.45 bits per heavy atom. The average molecular weight is 565 g/mol. The first-order valence-corrected chi connectivity index (χ1v) is 15.1. The summed E-state index contributed by atoms with van der Waals surface area (Å²) in [5.41, 5.74) is 6.87. The minimum atomic E-state index is -0.336. The van der Waals surface area contributed by atoms with Gasteiger partial charge >= 0.3 is 6.03 Å². The third-order valence-electron chi connectivity index (χ3n) is 8.43. The maximum atomic E-state index is 13.1. The van der Waals surface area contributed by atoms with Crippen LogP contribution in [-0.4, -0.2) is 40.9 Å². The van der Waals surface area contributed by atoms with E-state index in [9.17, 15) is 14.4 Å². The van der Waals surface area contributed by atoms with Gasteiger partial charge in [-0.1, -0.05) is 54.6 Å². The van der Waals surface area contributed by atoms with Crippen LogP contribution in [0.5, 0.6) is 0 Å². The van der Waals surface area contributed by atoms with Gasteiger partial charge in [-0.15, -0.1) is 0 Å². The van der Waals surface area contributed by atoms with Crippen molar-refractivity contribution in [3.63, 3.8) is 0 Å². The number of hydrogen-bond donors (Lipinski definition) is 3. The number of nitrogens with one attached hydrogen (secondary N) is 3. The molecule has 2 fully saturated rings. The van der Waals surface area contributed by atoms with Gasteiger partial charge in [-0.05, 0) is 97.9 Å². The molecule has 0 radical (unpaired) electrons. The Hall–Kier alpha value is -4.13. The molecule has 2 atom stereocenters. The minimum Gasteiger partial charge on any atom is -0.352 e. The van der Waals surface area contributed by atoms with E-state index in [0.717, 1.165) is 41.5 Å². The van der Waals surface area contributed by atoms with Gasteiger partial charge in [-0.2, -0.15) is 0 Å². The number of urea groups is 1. The van der Waals surface area contributed by atoms with Crippen LogP contribution in [0.15, 0.2) is 66.7 Å². The molecule has 218 valence electrons. The normalized spacial score (nSPS) is 19.5. The molecule has 7 heteroatoms. The lowest BCUT2D eigenvalue weighted by molar-refractivity contribution is -0.122. The summed E-state index contributed by atoms with van der Waals surface area (Å²) in [5, 5.41) is 9.36. The lowest BCUT2D eigenvalue weighted by Gasteiger charge is -2.34. The van der Waals surface area contributed by atoms with E-state index < -0.39 is 0 Å². The van der Waals surface area contributed by atoms with Crippen LogP contribution in [0, 0.1) is 5.92 Å². The molecule has 3 aromatic rings. The van der Waals surface area contributed by atoms with Crippen molar-refractivity contribution in [1.82, 2.24) is 20.9 Å². The van der Waals surface area contributed by atoms with E-state index in [0.29, 0.717) is 37.7 Å². The van der Waals surface area contributed by atoms with Gasteiger partial charge in [-0.3, -0.25) is 9.59 Å². The van der Waals surface area contributed by atoms with Crippen LogP contribution in [0.2, 0.25) is 0 Å². The molecule has 3 aromatic carbocycles. The van der Waals surface area contributed by atoms with Crippen molar-refractivity contribution in [2.45, 2.75) is 77.0 Å². The van der Waals surface area contributed by atoms with Gasteiger partial charge in [0.15, 0.2) is 0 Å². The molecule has 7 nitrogen and oxygen atoms in total. The molecule has 4 amide bonds. The summed E-state index contributed by atoms with van der Waals surface area (Å²) >= 11 is 0. The lowest BCUT2D eigenvalue weighted by atomic mass is 9.87. The molecule has 2 unspecified atom stereocenters. The summed E-state index contributed by atoms with van der Waals surface area (Å²) in [6.07, 6.45) is 3.66. The number of rotatable bonds is 7. The predicted octanol–water partition coefficient (Wildman–Crippen LogP) is 5.53. The summed E-state index contributed by atoms with van der Waals surface area (Å²) in [5.74, 6) is 0.324. The van der Waals surface area contributed by atoms with Gasteiger partial charge in [0.05, 0.1) is 0 Å². The van der Waals surface area contributed by atoms with Crippen molar-refractivity contribution < 1.29 is 14.4 Å². The fourth-order valence-electron chi connectivity index (χ4n) is 5.94. The van der Waals surface area contributed by atoms with Gasteiger partial charge < -0.3 is 20.9 Å². The standard InChI is InChI=1S/C35H40N4O3/c1-35(2,3)38-34(42)39-17-16-28-27(23-10-7-11-24(18-23)32(40)37-26-13-14-26)15-12-25(31(28)21-39)20-36-33(41)30-19-29(30)22-8-5-4-6-9-22/h4-12,15,18,26,29-30H,13-14,16-17,19-21H2,1-3H3,(H,36,41)(H,37,40)(H,38,42). The Morgan fingerprint density at radius 2 is 1.71 bits per heavy atom. The third kappa shape index (κ3) is 6.35. The second-order valence-corrected chi connectivity index (χ2v) is 13.0. The van der Waals surface area contributed by atoms with E-state index in [4.69, 9.17) is 0 Å². The number of carbonyl (C=O) groups excluding carboxylic acids is 3. The molecule has 2 aliphatic carbocycles. The van der Waals surface area contributed by atoms with E-state index in [1.165, 1.54) is 11.1 Å². The Labute approximate surface area is 248 Å². The van der Waals surface area contributed by atoms with Crippen molar-refractivity contribution in [1.29, 1.82) is 0 Å². The van der Waals surface area contributed by atoms with Crippen LogP contribution in [0.4, 0.5) is 4.79 Å². The first-order chi connectivity index (χ1) is 20.2. The summed E-state index contributed by atoms with van der Waals surface area (Å²) in [4.78, 5) is 40.9. The van der Waals surface area contributed by atoms with Crippen LogP contribution >= 0.6 is 0 Å². The Kier molecular flexibility index (Phi) is 7.52. The molecule has 0 aromatic heterocycles. The molecule has 0 spiro atoms. The van der Waals surface area contributed by atoms with Gasteiger partial charge in [0.1, 0.15) is 0 Å². The molecule has 0 saturated heterocycles. The molecule has 0 bridgehead atoms. The van der Waals surface area contributed by atoms with Gasteiger partial charge in [-0.25, -0.2) is 4.79 Å². The highest BCUT2D eigenvalue weighted by molar-refractivity contribution is 5.96. The smallest absolute Gasteiger partial charge is 0.318 e. The van der Waals surface area contributed by atoms with Crippen LogP contribution in [0.25, 0.3) is 11.1 Å². The lowest BCUT2D eigenvalue weighted by Crippen LogP contribution is -2.50. The Bertz CT molecular complexity index is 1510.